The summed E-state index contributed by atoms with van der Waals surface area (Å²) in [5, 5.41) is 12.3. The van der Waals surface area contributed by atoms with Gasteiger partial charge in [0.05, 0.1) is 31.6 Å². The summed E-state index contributed by atoms with van der Waals surface area (Å²) in [6, 6.07) is -0.969. The summed E-state index contributed by atoms with van der Waals surface area (Å²) in [5.74, 6) is -1.83. The van der Waals surface area contributed by atoms with E-state index in [0.717, 1.165) is 12.2 Å². The summed E-state index contributed by atoms with van der Waals surface area (Å²) >= 11 is 0. The number of nitriles is 1. The van der Waals surface area contributed by atoms with Gasteiger partial charge in [0.25, 0.3) is 0 Å². The molecule has 170 valence electrons. The van der Waals surface area contributed by atoms with Gasteiger partial charge < -0.3 is 15.0 Å². The third-order valence-electron chi connectivity index (χ3n) is 4.34. The van der Waals surface area contributed by atoms with Gasteiger partial charge in [0, 0.05) is 44.5 Å². The number of ketones is 1. The van der Waals surface area contributed by atoms with Crippen molar-refractivity contribution in [1.82, 2.24) is 9.88 Å². The second kappa shape index (κ2) is 10.7. The van der Waals surface area contributed by atoms with E-state index in [9.17, 15) is 14.4 Å². The molecular weight excluding hydrogens is 419 g/mol. The van der Waals surface area contributed by atoms with Crippen molar-refractivity contribution in [2.24, 2.45) is 0 Å². The number of fused-ring (bicyclic) bond motifs is 1. The molecule has 0 aliphatic carbocycles. The molecule has 1 aromatic heterocycles. The van der Waals surface area contributed by atoms with Crippen LogP contribution in [0.3, 0.4) is 0 Å². The number of rotatable bonds is 9. The second-order valence-corrected chi connectivity index (χ2v) is 7.11. The molecule has 0 radical (unpaired) electrons. The fourth-order valence-corrected chi connectivity index (χ4v) is 2.85. The number of hydrogen-bond acceptors (Lipinski definition) is 6. The van der Waals surface area contributed by atoms with Crippen molar-refractivity contribution in [3.63, 3.8) is 0 Å². The van der Waals surface area contributed by atoms with Crippen LogP contribution in [0.5, 0.6) is 5.75 Å². The van der Waals surface area contributed by atoms with Gasteiger partial charge in [-0.2, -0.15) is 5.26 Å². The number of nitrogens with one attached hydrogen (secondary N) is 1. The molecule has 1 heterocycles. The summed E-state index contributed by atoms with van der Waals surface area (Å²) < 4.78 is 86.3. The van der Waals surface area contributed by atoms with Gasteiger partial charge in [0.1, 0.15) is 17.6 Å². The molecule has 0 unspecified atom stereocenters. The van der Waals surface area contributed by atoms with Crippen molar-refractivity contribution in [3.8, 4) is 11.8 Å². The van der Waals surface area contributed by atoms with Crippen LogP contribution in [0.1, 0.15) is 34.6 Å². The molecule has 33 heavy (non-hydrogen) atoms. The topological polar surface area (TPSA) is 78.2 Å². The maximum atomic E-state index is 14.3. The first-order chi connectivity index (χ1) is 19.1. The van der Waals surface area contributed by atoms with E-state index >= 15 is 0 Å². The van der Waals surface area contributed by atoms with Crippen LogP contribution in [0, 0.1) is 24.1 Å². The number of pyridine rings is 1. The van der Waals surface area contributed by atoms with Gasteiger partial charge in [-0.15, -0.1) is 0 Å². The van der Waals surface area contributed by atoms with E-state index in [1.165, 1.54) is 25.9 Å². The molecular formula is C26H27FN4O2. The minimum Gasteiger partial charge on any atom is -0.494 e. The highest BCUT2D eigenvalue weighted by molar-refractivity contribution is 5.98. The van der Waals surface area contributed by atoms with E-state index in [0.29, 0.717) is 0 Å². The molecule has 0 saturated heterocycles. The van der Waals surface area contributed by atoms with Gasteiger partial charge in [-0.05, 0) is 63.8 Å². The predicted octanol–water partition coefficient (Wildman–Crippen LogP) is 4.93. The molecule has 1 N–H and O–H groups in total. The Bertz CT molecular complexity index is 1610. The molecule has 0 aliphatic rings. The monoisotopic (exact) mass is 454 g/mol. The van der Waals surface area contributed by atoms with Gasteiger partial charge in [-0.3, -0.25) is 9.78 Å². The maximum absolute atomic E-state index is 14.3. The zero-order valence-corrected chi connectivity index (χ0v) is 18.6. The number of benzene rings is 2. The number of likely N-dealkylation sites (N-methyl/N-ethyl adjacent to an activating group) is 1. The average Bonchev–Trinajstić information content (AvgIpc) is 2.92. The summed E-state index contributed by atoms with van der Waals surface area (Å²) in [6.07, 6.45) is 1.000. The number of nitrogens with zero attached hydrogens (tertiary/aromatic N) is 3. The normalized spacial score (nSPS) is 15.1. The molecule has 6 nitrogen and oxygen atoms in total. The van der Waals surface area contributed by atoms with Crippen molar-refractivity contribution >= 4 is 28.1 Å². The minimum atomic E-state index is -1.94. The zero-order valence-electron chi connectivity index (χ0n) is 26.6. The molecule has 3 rings (SSSR count). The third kappa shape index (κ3) is 5.93. The number of ether oxygens (including phenoxy) is 1. The number of carbonyl (C=O) groups is 1. The van der Waals surface area contributed by atoms with Gasteiger partial charge in [-0.1, -0.05) is 6.08 Å². The van der Waals surface area contributed by atoms with Crippen molar-refractivity contribution in [1.29, 1.82) is 5.26 Å². The number of allylic oxidation sites excluding steroid dienone is 1. The molecule has 0 fully saturated rings. The van der Waals surface area contributed by atoms with Gasteiger partial charge >= 0.3 is 0 Å². The van der Waals surface area contributed by atoms with Gasteiger partial charge in [-0.25, -0.2) is 4.39 Å². The first-order valence-electron chi connectivity index (χ1n) is 14.0. The summed E-state index contributed by atoms with van der Waals surface area (Å²) in [5.41, 5.74) is -1.57. The first kappa shape index (κ1) is 15.1. The quantitative estimate of drug-likeness (QED) is 0.462. The van der Waals surface area contributed by atoms with Crippen LogP contribution in [0.15, 0.2) is 48.5 Å². The van der Waals surface area contributed by atoms with Crippen LogP contribution < -0.4 is 10.1 Å². The Balaban J connectivity index is 2.36. The Hall–Kier alpha value is -3.76. The SMILES string of the molecule is [2H]c1nc2c([2H])c(OCC)c(CC(=O)/C=C/C([2H])([2H])N(C)C)c([2H])c2c(Nc2c([2H])c([2H])c(F)c(C)c2[2H])c1C#N. The number of hydrogen-bond donors (Lipinski definition) is 1. The Labute approximate surface area is 204 Å². The van der Waals surface area contributed by atoms with E-state index in [2.05, 4.69) is 10.3 Å². The summed E-state index contributed by atoms with van der Waals surface area (Å²) in [6.45, 7) is 0.984. The van der Waals surface area contributed by atoms with Crippen LogP contribution in [-0.2, 0) is 11.2 Å². The molecule has 7 heteroatoms. The van der Waals surface area contributed by atoms with E-state index in [1.54, 1.807) is 13.0 Å². The molecule has 0 amide bonds. The Morgan fingerprint density at radius 2 is 2.18 bits per heavy atom. The minimum absolute atomic E-state index is 0.0533. The fourth-order valence-electron chi connectivity index (χ4n) is 2.85. The number of anilines is 2. The summed E-state index contributed by atoms with van der Waals surface area (Å²) in [7, 11) is 2.98. The Kier molecular flexibility index (Phi) is 4.91. The molecule has 3 aromatic rings. The van der Waals surface area contributed by atoms with E-state index in [4.69, 9.17) is 15.7 Å². The average molecular weight is 455 g/mol. The Morgan fingerprint density at radius 3 is 2.88 bits per heavy atom. The molecule has 0 bridgehead atoms. The molecule has 2 aromatic carbocycles. The largest absolute Gasteiger partial charge is 0.494 e. The lowest BCUT2D eigenvalue weighted by molar-refractivity contribution is -0.114. The maximum Gasteiger partial charge on any atom is 0.159 e. The van der Waals surface area contributed by atoms with Crippen molar-refractivity contribution in [2.45, 2.75) is 20.3 Å². The van der Waals surface area contributed by atoms with Crippen LogP contribution >= 0.6 is 0 Å². The summed E-state index contributed by atoms with van der Waals surface area (Å²) in [4.78, 5) is 18.2. The Morgan fingerprint density at radius 1 is 1.39 bits per heavy atom. The lowest BCUT2D eigenvalue weighted by Crippen LogP contribution is -2.11. The first-order valence-corrected chi connectivity index (χ1v) is 10.00. The van der Waals surface area contributed by atoms with Crippen LogP contribution in [0.4, 0.5) is 15.8 Å². The lowest BCUT2D eigenvalue weighted by atomic mass is 10.0. The standard InChI is InChI=1S/C26H27FN4O2/c1-5-33-25-14-24-22(13-18(25)12-21(32)7-6-10-31(3)4)26(19(15-28)16-29-24)30-20-8-9-23(27)17(2)11-20/h6-9,11,13-14,16H,5,10,12H2,1-4H3,(H,29,30)/b7-6+/i8D,9D,10D2,11D,13D,14D,16D. The molecule has 0 aliphatic heterocycles. The van der Waals surface area contributed by atoms with Crippen LogP contribution in [0.25, 0.3) is 10.9 Å². The van der Waals surface area contributed by atoms with Crippen LogP contribution in [0.2, 0.25) is 0 Å². The highest BCUT2D eigenvalue weighted by atomic mass is 19.1. The highest BCUT2D eigenvalue weighted by Gasteiger charge is 2.16. The predicted molar refractivity (Wildman–Crippen MR) is 128 cm³/mol. The number of halogens is 1. The highest BCUT2D eigenvalue weighted by Crippen LogP contribution is 2.34. The second-order valence-electron chi connectivity index (χ2n) is 7.11. The van der Waals surface area contributed by atoms with Gasteiger partial charge in [0.15, 0.2) is 5.78 Å². The fraction of sp³-hybridized carbons (Fsp3) is 0.269. The van der Waals surface area contributed by atoms with Gasteiger partial charge in [0.2, 0.25) is 0 Å². The van der Waals surface area contributed by atoms with E-state index < -0.39 is 60.4 Å². The van der Waals surface area contributed by atoms with Crippen molar-refractivity contribution in [3.05, 3.63) is 71.0 Å². The van der Waals surface area contributed by atoms with E-state index in [-0.39, 0.29) is 51.8 Å². The molecule has 0 spiro atoms. The molecule has 0 saturated carbocycles. The smallest absolute Gasteiger partial charge is 0.159 e. The lowest BCUT2D eigenvalue weighted by Gasteiger charge is -2.15. The molecule has 0 atom stereocenters. The number of carbonyl (C=O) groups excluding carboxylic acids is 1. The van der Waals surface area contributed by atoms with Crippen molar-refractivity contribution in [2.75, 3.05) is 32.5 Å². The third-order valence-corrected chi connectivity index (χ3v) is 4.34. The van der Waals surface area contributed by atoms with Crippen molar-refractivity contribution < 1.29 is 24.9 Å². The zero-order chi connectivity index (χ0) is 31.0. The van der Waals surface area contributed by atoms with Crippen LogP contribution in [-0.4, -0.2) is 42.9 Å². The van der Waals surface area contributed by atoms with E-state index in [1.807, 2.05) is 0 Å². The number of aromatic nitrogens is 1.